The minimum atomic E-state index is -1.18. The molecule has 6 nitrogen and oxygen atoms in total. The summed E-state index contributed by atoms with van der Waals surface area (Å²) in [6, 6.07) is 6.22. The lowest BCUT2D eigenvalue weighted by Crippen LogP contribution is -2.45. The molecule has 0 fully saturated rings. The van der Waals surface area contributed by atoms with Gasteiger partial charge in [-0.25, -0.2) is 0 Å². The molecule has 18 heavy (non-hydrogen) atoms. The van der Waals surface area contributed by atoms with Gasteiger partial charge in [-0.15, -0.1) is 0 Å². The molecule has 0 radical (unpaired) electrons. The van der Waals surface area contributed by atoms with E-state index >= 15 is 0 Å². The van der Waals surface area contributed by atoms with Gasteiger partial charge in [-0.05, 0) is 18.2 Å². The second kappa shape index (κ2) is 3.72. The van der Waals surface area contributed by atoms with E-state index in [1.54, 1.807) is 18.2 Å². The molecular weight excluding hydrogens is 258 g/mol. The number of hydrogen-bond acceptors (Lipinski definition) is 5. The largest absolute Gasteiger partial charge is 0.853 e. The van der Waals surface area contributed by atoms with Crippen LogP contribution >= 0.6 is 11.6 Å². The molecule has 1 unspecified atom stereocenters. The normalized spacial score (nSPS) is 18.1. The third-order valence-corrected chi connectivity index (χ3v) is 3.02. The van der Waals surface area contributed by atoms with Crippen molar-refractivity contribution >= 4 is 28.4 Å². The zero-order valence-electron chi connectivity index (χ0n) is 8.92. The predicted molar refractivity (Wildman–Crippen MR) is 62.6 cm³/mol. The number of hydrazone groups is 1. The number of nitrogens with zero attached hydrogens (tertiary/aromatic N) is 2. The highest BCUT2D eigenvalue weighted by atomic mass is 35.5. The fourth-order valence-corrected chi connectivity index (χ4v) is 2.14. The van der Waals surface area contributed by atoms with Gasteiger partial charge in [-0.3, -0.25) is 5.43 Å². The van der Waals surface area contributed by atoms with Crippen LogP contribution in [0.5, 0.6) is 0 Å². The molecule has 7 heteroatoms. The number of aliphatic hydroxyl groups excluding tert-OH is 1. The molecule has 1 atom stereocenters. The summed E-state index contributed by atoms with van der Waals surface area (Å²) in [5.74, 6) is -0.706. The van der Waals surface area contributed by atoms with Crippen LogP contribution in [0.3, 0.4) is 0 Å². The minimum Gasteiger partial charge on any atom is -0.853 e. The molecule has 2 N–H and O–H groups in total. The quantitative estimate of drug-likeness (QED) is 0.506. The molecule has 0 aliphatic carbocycles. The first-order valence-corrected chi connectivity index (χ1v) is 5.50. The molecule has 1 aromatic carbocycles. The maximum Gasteiger partial charge on any atom is 0.237 e. The minimum absolute atomic E-state index is 0.170. The summed E-state index contributed by atoms with van der Waals surface area (Å²) in [4.78, 5) is 0. The number of rotatable bonds is 0. The second-order valence-electron chi connectivity index (χ2n) is 3.89. The van der Waals surface area contributed by atoms with Crippen molar-refractivity contribution in [1.29, 1.82) is 0 Å². The number of hydrogen-bond donors (Lipinski definition) is 2. The summed E-state index contributed by atoms with van der Waals surface area (Å²) in [5, 5.41) is 37.7. The van der Waals surface area contributed by atoms with Crippen molar-refractivity contribution in [2.45, 2.75) is 6.23 Å². The lowest BCUT2D eigenvalue weighted by molar-refractivity contribution is -0.582. The number of nitrogens with one attached hydrogen (secondary N) is 1. The predicted octanol–water partition coefficient (Wildman–Crippen LogP) is -0.257. The lowest BCUT2D eigenvalue weighted by Gasteiger charge is -2.23. The zero-order valence-corrected chi connectivity index (χ0v) is 9.68. The van der Waals surface area contributed by atoms with Crippen LogP contribution in [-0.4, -0.2) is 11.0 Å². The Hall–Kier alpha value is -2.05. The first kappa shape index (κ1) is 11.1. The van der Waals surface area contributed by atoms with E-state index in [4.69, 9.17) is 11.6 Å². The van der Waals surface area contributed by atoms with E-state index in [0.29, 0.717) is 20.7 Å². The molecule has 0 spiro atoms. The van der Waals surface area contributed by atoms with Gasteiger partial charge >= 0.3 is 0 Å². The molecule has 92 valence electrons. The number of aliphatic hydroxyl groups is 1. The Morgan fingerprint density at radius 2 is 2.17 bits per heavy atom. The van der Waals surface area contributed by atoms with Crippen molar-refractivity contribution in [3.63, 3.8) is 0 Å². The standard InChI is InChI=1S/C11H8ClN3O3/c12-6-1-2-8-5(3-6)4-7-9(15(8)18)11(17)14-13-10(7)16/h1-4,10,13,16H,(H,14,17)/p-1. The van der Waals surface area contributed by atoms with E-state index in [0.717, 1.165) is 0 Å². The summed E-state index contributed by atoms with van der Waals surface area (Å²) in [6.07, 6.45) is -1.18. The third kappa shape index (κ3) is 1.47. The molecule has 0 amide bonds. The van der Waals surface area contributed by atoms with Crippen LogP contribution in [0.1, 0.15) is 17.5 Å². The molecule has 0 bridgehead atoms. The SMILES string of the molecule is [O-]C1=NNC(O)c2cc3cc(Cl)ccc3[n+]([O-])c21. The van der Waals surface area contributed by atoms with E-state index in [2.05, 4.69) is 10.5 Å². The number of fused-ring (bicyclic) bond motifs is 2. The number of pyridine rings is 1. The number of halogens is 1. The summed E-state index contributed by atoms with van der Waals surface area (Å²) in [7, 11) is 0. The average molecular weight is 265 g/mol. The van der Waals surface area contributed by atoms with Crippen LogP contribution in [0.4, 0.5) is 0 Å². The van der Waals surface area contributed by atoms with Crippen LogP contribution in [-0.2, 0) is 0 Å². The Kier molecular flexibility index (Phi) is 2.29. The molecule has 1 aromatic heterocycles. The highest BCUT2D eigenvalue weighted by Crippen LogP contribution is 2.24. The molecule has 0 saturated heterocycles. The maximum absolute atomic E-state index is 12.1. The van der Waals surface area contributed by atoms with Crippen LogP contribution in [0.15, 0.2) is 29.4 Å². The Labute approximate surface area is 106 Å². The molecule has 3 rings (SSSR count). The van der Waals surface area contributed by atoms with Gasteiger partial charge in [-0.1, -0.05) is 11.6 Å². The number of aromatic nitrogens is 1. The maximum atomic E-state index is 12.1. The second-order valence-corrected chi connectivity index (χ2v) is 4.33. The van der Waals surface area contributed by atoms with Gasteiger partial charge in [0.05, 0.1) is 11.5 Å². The molecule has 2 aromatic rings. The molecule has 1 aliphatic rings. The van der Waals surface area contributed by atoms with Crippen molar-refractivity contribution < 1.29 is 14.9 Å². The van der Waals surface area contributed by atoms with Crippen molar-refractivity contribution in [2.75, 3.05) is 0 Å². The topological polar surface area (TPSA) is 94.6 Å². The summed E-state index contributed by atoms with van der Waals surface area (Å²) < 4.78 is 0.469. The van der Waals surface area contributed by atoms with Gasteiger partial charge in [0.1, 0.15) is 0 Å². The van der Waals surface area contributed by atoms with Gasteiger partial charge in [0.2, 0.25) is 11.2 Å². The smallest absolute Gasteiger partial charge is 0.237 e. The van der Waals surface area contributed by atoms with Gasteiger partial charge in [0, 0.05) is 16.5 Å². The van der Waals surface area contributed by atoms with E-state index < -0.39 is 12.1 Å². The van der Waals surface area contributed by atoms with E-state index in [1.807, 2.05) is 0 Å². The van der Waals surface area contributed by atoms with Crippen molar-refractivity contribution in [1.82, 2.24) is 5.43 Å². The average Bonchev–Trinajstić information content (AvgIpc) is 2.33. The van der Waals surface area contributed by atoms with Crippen LogP contribution in [0.25, 0.3) is 10.9 Å². The Morgan fingerprint density at radius 3 is 2.94 bits per heavy atom. The van der Waals surface area contributed by atoms with E-state index in [9.17, 15) is 15.4 Å². The molecular formula is C11H7ClN3O3-. The van der Waals surface area contributed by atoms with Gasteiger partial charge in [-0.2, -0.15) is 9.83 Å². The highest BCUT2D eigenvalue weighted by Gasteiger charge is 2.26. The van der Waals surface area contributed by atoms with Crippen LogP contribution < -0.4 is 15.3 Å². The summed E-state index contributed by atoms with van der Waals surface area (Å²) in [6.45, 7) is 0. The molecule has 1 aliphatic heterocycles. The van der Waals surface area contributed by atoms with Crippen molar-refractivity contribution in [2.24, 2.45) is 5.10 Å². The Bertz CT molecular complexity index is 687. The summed E-state index contributed by atoms with van der Waals surface area (Å²) in [5.41, 5.74) is 2.57. The Morgan fingerprint density at radius 1 is 1.39 bits per heavy atom. The molecule has 2 heterocycles. The van der Waals surface area contributed by atoms with Gasteiger partial charge < -0.3 is 15.4 Å². The van der Waals surface area contributed by atoms with Gasteiger partial charge in [0.15, 0.2) is 6.23 Å². The zero-order chi connectivity index (χ0) is 12.9. The first-order chi connectivity index (χ1) is 8.58. The van der Waals surface area contributed by atoms with E-state index in [-0.39, 0.29) is 11.3 Å². The fourth-order valence-electron chi connectivity index (χ4n) is 1.96. The molecule has 0 saturated carbocycles. The fraction of sp³-hybridized carbons (Fsp3) is 0.0909. The van der Waals surface area contributed by atoms with Crippen molar-refractivity contribution in [3.05, 3.63) is 45.8 Å². The third-order valence-electron chi connectivity index (χ3n) is 2.78. The van der Waals surface area contributed by atoms with Crippen LogP contribution in [0, 0.1) is 5.21 Å². The lowest BCUT2D eigenvalue weighted by atomic mass is 10.1. The first-order valence-electron chi connectivity index (χ1n) is 5.12. The summed E-state index contributed by atoms with van der Waals surface area (Å²) >= 11 is 5.84. The van der Waals surface area contributed by atoms with Crippen molar-refractivity contribution in [3.8, 4) is 0 Å². The Balaban J connectivity index is 2.42. The van der Waals surface area contributed by atoms with E-state index in [1.165, 1.54) is 6.07 Å². The highest BCUT2D eigenvalue weighted by molar-refractivity contribution is 6.31. The monoisotopic (exact) mass is 264 g/mol. The number of benzene rings is 1. The van der Waals surface area contributed by atoms with Gasteiger partial charge in [0.25, 0.3) is 0 Å². The van der Waals surface area contributed by atoms with Crippen LogP contribution in [0.2, 0.25) is 5.02 Å².